The molecular weight excluding hydrogens is 154 g/mol. The number of aliphatic hydroxyl groups excluding tert-OH is 1. The molecule has 0 heterocycles. The minimum absolute atomic E-state index is 0.355. The predicted molar refractivity (Wildman–Crippen MR) is 31.9 cm³/mol. The number of alkyl halides is 1. The van der Waals surface area contributed by atoms with Crippen LogP contribution in [0.3, 0.4) is 0 Å². The first-order chi connectivity index (χ1) is 3.55. The zero-order valence-corrected chi connectivity index (χ0v) is 5.67. The maximum Gasteiger partial charge on any atom is 0.202 e. The standard InChI is InChI=1S/C4H5Cl2FO/c1-2(7)3(5)4(6)8/h2,8H,1H3. The monoisotopic (exact) mass is 158 g/mol. The van der Waals surface area contributed by atoms with Gasteiger partial charge in [-0.15, -0.1) is 0 Å². The number of aliphatic hydroxyl groups is 1. The van der Waals surface area contributed by atoms with E-state index in [0.717, 1.165) is 0 Å². The number of allylic oxidation sites excluding steroid dienone is 1. The smallest absolute Gasteiger partial charge is 0.202 e. The Kier molecular flexibility index (Phi) is 3.17. The molecule has 0 saturated carbocycles. The third-order valence-electron chi connectivity index (χ3n) is 0.546. The van der Waals surface area contributed by atoms with Gasteiger partial charge in [0.05, 0.1) is 0 Å². The van der Waals surface area contributed by atoms with E-state index in [1.54, 1.807) is 0 Å². The highest BCUT2D eigenvalue weighted by molar-refractivity contribution is 6.38. The summed E-state index contributed by atoms with van der Waals surface area (Å²) >= 11 is 9.96. The number of hydrogen-bond acceptors (Lipinski definition) is 1. The second-order valence-electron chi connectivity index (χ2n) is 1.25. The summed E-state index contributed by atoms with van der Waals surface area (Å²) in [5.74, 6) is 0. The average molecular weight is 159 g/mol. The molecule has 4 heteroatoms. The molecule has 0 bridgehead atoms. The summed E-state index contributed by atoms with van der Waals surface area (Å²) in [4.78, 5) is 0. The Morgan fingerprint density at radius 2 is 2.00 bits per heavy atom. The fourth-order valence-electron chi connectivity index (χ4n) is 0.164. The zero-order valence-electron chi connectivity index (χ0n) is 4.16. The molecule has 0 fully saturated rings. The highest BCUT2D eigenvalue weighted by atomic mass is 35.5. The van der Waals surface area contributed by atoms with Crippen LogP contribution < -0.4 is 0 Å². The van der Waals surface area contributed by atoms with E-state index < -0.39 is 11.4 Å². The van der Waals surface area contributed by atoms with Crippen LogP contribution in [-0.4, -0.2) is 11.3 Å². The summed E-state index contributed by atoms with van der Waals surface area (Å²) in [6, 6.07) is 0. The normalized spacial score (nSPS) is 17.5. The van der Waals surface area contributed by atoms with Crippen molar-refractivity contribution in [2.75, 3.05) is 0 Å². The lowest BCUT2D eigenvalue weighted by atomic mass is 10.4. The van der Waals surface area contributed by atoms with E-state index in [9.17, 15) is 4.39 Å². The van der Waals surface area contributed by atoms with Crippen molar-refractivity contribution in [1.82, 2.24) is 0 Å². The van der Waals surface area contributed by atoms with Crippen molar-refractivity contribution < 1.29 is 9.50 Å². The van der Waals surface area contributed by atoms with Crippen LogP contribution in [0.1, 0.15) is 6.92 Å². The van der Waals surface area contributed by atoms with Crippen molar-refractivity contribution in [3.63, 3.8) is 0 Å². The van der Waals surface area contributed by atoms with E-state index in [1.165, 1.54) is 6.92 Å². The van der Waals surface area contributed by atoms with E-state index in [-0.39, 0.29) is 5.03 Å². The molecule has 0 radical (unpaired) electrons. The quantitative estimate of drug-likeness (QED) is 0.582. The Bertz CT molecular complexity index is 107. The van der Waals surface area contributed by atoms with Crippen molar-refractivity contribution >= 4 is 23.2 Å². The van der Waals surface area contributed by atoms with Gasteiger partial charge in [0.15, 0.2) is 0 Å². The largest absolute Gasteiger partial charge is 0.498 e. The SMILES string of the molecule is CC(F)C(Cl)=C(O)Cl. The molecule has 0 amide bonds. The molecule has 0 aliphatic carbocycles. The third-order valence-corrected chi connectivity index (χ3v) is 1.33. The molecule has 0 aromatic carbocycles. The molecule has 1 nitrogen and oxygen atoms in total. The molecule has 0 saturated heterocycles. The molecule has 1 N–H and O–H groups in total. The Morgan fingerprint density at radius 3 is 2.00 bits per heavy atom. The van der Waals surface area contributed by atoms with Crippen LogP contribution >= 0.6 is 23.2 Å². The van der Waals surface area contributed by atoms with Crippen molar-refractivity contribution in [2.45, 2.75) is 13.1 Å². The van der Waals surface area contributed by atoms with Crippen LogP contribution in [0.5, 0.6) is 0 Å². The molecule has 48 valence electrons. The molecule has 0 rings (SSSR count). The molecule has 0 spiro atoms. The topological polar surface area (TPSA) is 20.2 Å². The summed E-state index contributed by atoms with van der Waals surface area (Å²) in [7, 11) is 0. The van der Waals surface area contributed by atoms with Crippen LogP contribution in [0.2, 0.25) is 0 Å². The van der Waals surface area contributed by atoms with Gasteiger partial charge in [0.25, 0.3) is 0 Å². The fraction of sp³-hybridized carbons (Fsp3) is 0.500. The van der Waals surface area contributed by atoms with Crippen molar-refractivity contribution in [2.24, 2.45) is 0 Å². The molecule has 8 heavy (non-hydrogen) atoms. The first-order valence-corrected chi connectivity index (χ1v) is 2.69. The van der Waals surface area contributed by atoms with Gasteiger partial charge in [0.2, 0.25) is 5.22 Å². The molecule has 0 aliphatic rings. The van der Waals surface area contributed by atoms with Gasteiger partial charge < -0.3 is 5.11 Å². The van der Waals surface area contributed by atoms with Gasteiger partial charge in [-0.3, -0.25) is 0 Å². The first-order valence-electron chi connectivity index (χ1n) is 1.94. The lowest BCUT2D eigenvalue weighted by molar-refractivity contribution is 0.393. The summed E-state index contributed by atoms with van der Waals surface area (Å²) in [5.41, 5.74) is 0. The molecular formula is C4H5Cl2FO. The Morgan fingerprint density at radius 1 is 1.62 bits per heavy atom. The van der Waals surface area contributed by atoms with Gasteiger partial charge in [0, 0.05) is 0 Å². The summed E-state index contributed by atoms with van der Waals surface area (Å²) in [6.07, 6.45) is -1.39. The fourth-order valence-corrected chi connectivity index (χ4v) is 0.314. The van der Waals surface area contributed by atoms with Crippen LogP contribution in [0.4, 0.5) is 4.39 Å². The highest BCUT2D eigenvalue weighted by Crippen LogP contribution is 2.16. The van der Waals surface area contributed by atoms with E-state index >= 15 is 0 Å². The van der Waals surface area contributed by atoms with E-state index in [0.29, 0.717) is 0 Å². The Balaban J connectivity index is 4.00. The van der Waals surface area contributed by atoms with E-state index in [1.807, 2.05) is 0 Å². The van der Waals surface area contributed by atoms with Crippen LogP contribution in [-0.2, 0) is 0 Å². The summed E-state index contributed by atoms with van der Waals surface area (Å²) < 4.78 is 11.9. The maximum atomic E-state index is 11.9. The average Bonchev–Trinajstić information content (AvgIpc) is 1.64. The Labute approximate surface area is 56.7 Å². The first kappa shape index (κ1) is 8.05. The van der Waals surface area contributed by atoms with Gasteiger partial charge in [-0.1, -0.05) is 11.6 Å². The van der Waals surface area contributed by atoms with E-state index in [4.69, 9.17) is 28.3 Å². The number of rotatable bonds is 1. The second-order valence-corrected chi connectivity index (χ2v) is 2.02. The van der Waals surface area contributed by atoms with Crippen LogP contribution in [0, 0.1) is 0 Å². The minimum atomic E-state index is -1.39. The summed E-state index contributed by atoms with van der Waals surface area (Å²) in [6.45, 7) is 1.18. The molecule has 0 aliphatic heterocycles. The van der Waals surface area contributed by atoms with Crippen LogP contribution in [0.25, 0.3) is 0 Å². The van der Waals surface area contributed by atoms with Crippen molar-refractivity contribution in [1.29, 1.82) is 0 Å². The van der Waals surface area contributed by atoms with Gasteiger partial charge in [-0.25, -0.2) is 4.39 Å². The lowest BCUT2D eigenvalue weighted by Crippen LogP contribution is -1.92. The summed E-state index contributed by atoms with van der Waals surface area (Å²) in [5, 5.41) is 7.23. The second kappa shape index (κ2) is 3.15. The predicted octanol–water partition coefficient (Wildman–Crippen LogP) is 2.55. The molecule has 0 aromatic rings. The van der Waals surface area contributed by atoms with Gasteiger partial charge >= 0.3 is 0 Å². The van der Waals surface area contributed by atoms with Gasteiger partial charge in [-0.2, -0.15) is 0 Å². The van der Waals surface area contributed by atoms with Crippen molar-refractivity contribution in [3.05, 3.63) is 10.3 Å². The maximum absolute atomic E-state index is 11.9. The lowest BCUT2D eigenvalue weighted by Gasteiger charge is -1.96. The number of halogens is 3. The van der Waals surface area contributed by atoms with Gasteiger partial charge in [0.1, 0.15) is 11.2 Å². The highest BCUT2D eigenvalue weighted by Gasteiger charge is 2.07. The molecule has 0 aromatic heterocycles. The van der Waals surface area contributed by atoms with E-state index in [2.05, 4.69) is 0 Å². The zero-order chi connectivity index (χ0) is 6.73. The Hall–Kier alpha value is 0.0500. The van der Waals surface area contributed by atoms with Crippen molar-refractivity contribution in [3.8, 4) is 0 Å². The van der Waals surface area contributed by atoms with Crippen LogP contribution in [0.15, 0.2) is 10.3 Å². The molecule has 1 atom stereocenters. The molecule has 1 unspecified atom stereocenters. The minimum Gasteiger partial charge on any atom is -0.498 e. The third kappa shape index (κ3) is 2.38. The number of hydrogen-bond donors (Lipinski definition) is 1. The van der Waals surface area contributed by atoms with Gasteiger partial charge in [-0.05, 0) is 18.5 Å².